The number of nitrogens with one attached hydrogen (secondary N) is 1. The van der Waals surface area contributed by atoms with Crippen LogP contribution >= 0.6 is 0 Å². The molecular formula is C16H22N2O3. The zero-order valence-electron chi connectivity index (χ0n) is 12.6. The lowest BCUT2D eigenvalue weighted by atomic mass is 9.94. The van der Waals surface area contributed by atoms with Crippen molar-refractivity contribution in [2.45, 2.75) is 18.9 Å². The van der Waals surface area contributed by atoms with E-state index in [1.165, 1.54) is 12.8 Å². The molecule has 2 heterocycles. The Hall–Kier alpha value is -1.75. The summed E-state index contributed by atoms with van der Waals surface area (Å²) in [5, 5.41) is 3.52. The molecule has 1 aromatic carbocycles. The molecule has 2 fully saturated rings. The first-order chi connectivity index (χ1) is 10.2. The summed E-state index contributed by atoms with van der Waals surface area (Å²) in [6, 6.07) is 5.81. The van der Waals surface area contributed by atoms with Gasteiger partial charge in [0.15, 0.2) is 11.5 Å². The van der Waals surface area contributed by atoms with E-state index in [9.17, 15) is 4.79 Å². The fraction of sp³-hybridized carbons (Fsp3) is 0.562. The second-order valence-corrected chi connectivity index (χ2v) is 5.74. The number of ether oxygens (including phenoxy) is 2. The number of methoxy groups -OCH3 is 2. The van der Waals surface area contributed by atoms with E-state index < -0.39 is 0 Å². The van der Waals surface area contributed by atoms with Gasteiger partial charge in [-0.25, -0.2) is 0 Å². The summed E-state index contributed by atoms with van der Waals surface area (Å²) in [6.07, 6.45) is 2.42. The first kappa shape index (κ1) is 14.2. The number of benzene rings is 1. The highest BCUT2D eigenvalue weighted by Crippen LogP contribution is 2.30. The molecule has 5 heteroatoms. The van der Waals surface area contributed by atoms with Gasteiger partial charge in [0.25, 0.3) is 5.91 Å². The van der Waals surface area contributed by atoms with E-state index in [4.69, 9.17) is 9.47 Å². The van der Waals surface area contributed by atoms with Gasteiger partial charge in [0.05, 0.1) is 14.2 Å². The number of carbonyl (C=O) groups excluding carboxylic acids is 1. The molecule has 0 aromatic heterocycles. The third-order valence-electron chi connectivity index (χ3n) is 4.52. The minimum Gasteiger partial charge on any atom is -0.493 e. The van der Waals surface area contributed by atoms with Gasteiger partial charge in [-0.2, -0.15) is 0 Å². The van der Waals surface area contributed by atoms with Crippen molar-refractivity contribution in [2.24, 2.45) is 5.92 Å². The first-order valence-electron chi connectivity index (χ1n) is 7.47. The highest BCUT2D eigenvalue weighted by molar-refractivity contribution is 5.95. The number of fused-ring (bicyclic) bond motifs is 1. The summed E-state index contributed by atoms with van der Waals surface area (Å²) >= 11 is 0. The zero-order chi connectivity index (χ0) is 14.8. The Labute approximate surface area is 125 Å². The lowest BCUT2D eigenvalue weighted by Gasteiger charge is -2.24. The molecule has 1 amide bonds. The molecule has 1 N–H and O–H groups in total. The largest absolute Gasteiger partial charge is 0.493 e. The molecular weight excluding hydrogens is 268 g/mol. The number of likely N-dealkylation sites (tertiary alicyclic amines) is 1. The van der Waals surface area contributed by atoms with Gasteiger partial charge in [-0.05, 0) is 43.5 Å². The molecule has 21 heavy (non-hydrogen) atoms. The quantitative estimate of drug-likeness (QED) is 0.917. The fourth-order valence-corrected chi connectivity index (χ4v) is 3.36. The Morgan fingerprint density at radius 2 is 2.05 bits per heavy atom. The van der Waals surface area contributed by atoms with Crippen molar-refractivity contribution in [1.82, 2.24) is 10.2 Å². The number of rotatable bonds is 3. The summed E-state index contributed by atoms with van der Waals surface area (Å²) in [5.74, 6) is 1.92. The van der Waals surface area contributed by atoms with Crippen molar-refractivity contribution in [1.29, 1.82) is 0 Å². The normalized spacial score (nSPS) is 24.6. The minimum atomic E-state index is 0.0761. The smallest absolute Gasteiger partial charge is 0.254 e. The Morgan fingerprint density at radius 1 is 1.24 bits per heavy atom. The van der Waals surface area contributed by atoms with Crippen LogP contribution in [0, 0.1) is 5.92 Å². The van der Waals surface area contributed by atoms with Gasteiger partial charge in [0, 0.05) is 24.7 Å². The van der Waals surface area contributed by atoms with Gasteiger partial charge in [-0.15, -0.1) is 0 Å². The van der Waals surface area contributed by atoms with E-state index in [1.54, 1.807) is 32.4 Å². The van der Waals surface area contributed by atoms with Crippen LogP contribution in [0.25, 0.3) is 0 Å². The van der Waals surface area contributed by atoms with E-state index in [0.717, 1.165) is 19.6 Å². The van der Waals surface area contributed by atoms with Crippen LogP contribution in [0.15, 0.2) is 18.2 Å². The standard InChI is InChI=1S/C16H22N2O3/c1-20-14-6-5-11(8-15(14)21-2)16(19)18-9-12-4-3-7-17-13(12)10-18/h5-6,8,12-13,17H,3-4,7,9-10H2,1-2H3/t12-,13+/m0/s1. The third-order valence-corrected chi connectivity index (χ3v) is 4.52. The number of piperidine rings is 1. The van der Waals surface area contributed by atoms with E-state index >= 15 is 0 Å². The van der Waals surface area contributed by atoms with Crippen LogP contribution in [0.3, 0.4) is 0 Å². The van der Waals surface area contributed by atoms with Crippen LogP contribution in [-0.2, 0) is 0 Å². The van der Waals surface area contributed by atoms with Crippen LogP contribution in [-0.4, -0.2) is 50.7 Å². The maximum Gasteiger partial charge on any atom is 0.254 e. The van der Waals surface area contributed by atoms with Crippen LogP contribution < -0.4 is 14.8 Å². The average Bonchev–Trinajstić information content (AvgIpc) is 2.97. The molecule has 0 unspecified atom stereocenters. The lowest BCUT2D eigenvalue weighted by Crippen LogP contribution is -2.41. The molecule has 0 bridgehead atoms. The topological polar surface area (TPSA) is 50.8 Å². The van der Waals surface area contributed by atoms with E-state index in [-0.39, 0.29) is 5.91 Å². The Morgan fingerprint density at radius 3 is 2.76 bits per heavy atom. The van der Waals surface area contributed by atoms with Crippen LogP contribution in [0.1, 0.15) is 23.2 Å². The number of nitrogens with zero attached hydrogens (tertiary/aromatic N) is 1. The molecule has 2 aliphatic heterocycles. The van der Waals surface area contributed by atoms with Gasteiger partial charge in [-0.1, -0.05) is 0 Å². The maximum absolute atomic E-state index is 12.7. The SMILES string of the molecule is COc1ccc(C(=O)N2C[C@@H]3CCCN[C@@H]3C2)cc1OC. The van der Waals surface area contributed by atoms with Gasteiger partial charge >= 0.3 is 0 Å². The van der Waals surface area contributed by atoms with Crippen LogP contribution in [0.2, 0.25) is 0 Å². The molecule has 0 saturated carbocycles. The highest BCUT2D eigenvalue weighted by atomic mass is 16.5. The predicted octanol–water partition coefficient (Wildman–Crippen LogP) is 1.53. The number of amides is 1. The van der Waals surface area contributed by atoms with E-state index in [1.807, 2.05) is 4.90 Å². The molecule has 0 radical (unpaired) electrons. The Balaban J connectivity index is 1.76. The van der Waals surface area contributed by atoms with Crippen molar-refractivity contribution >= 4 is 5.91 Å². The van der Waals surface area contributed by atoms with Crippen molar-refractivity contribution in [3.05, 3.63) is 23.8 Å². The summed E-state index contributed by atoms with van der Waals surface area (Å²) in [6.45, 7) is 2.72. The van der Waals surface area contributed by atoms with Crippen molar-refractivity contribution in [3.8, 4) is 11.5 Å². The second kappa shape index (κ2) is 5.93. The van der Waals surface area contributed by atoms with E-state index in [2.05, 4.69) is 5.32 Å². The number of hydrogen-bond acceptors (Lipinski definition) is 4. The van der Waals surface area contributed by atoms with Crippen molar-refractivity contribution in [2.75, 3.05) is 33.9 Å². The summed E-state index contributed by atoms with van der Waals surface area (Å²) in [5.41, 5.74) is 0.659. The maximum atomic E-state index is 12.7. The van der Waals surface area contributed by atoms with E-state index in [0.29, 0.717) is 29.0 Å². The van der Waals surface area contributed by atoms with Crippen LogP contribution in [0.5, 0.6) is 11.5 Å². The van der Waals surface area contributed by atoms with Gasteiger partial charge < -0.3 is 19.7 Å². The van der Waals surface area contributed by atoms with Crippen molar-refractivity contribution < 1.29 is 14.3 Å². The fourth-order valence-electron chi connectivity index (χ4n) is 3.36. The summed E-state index contributed by atoms with van der Waals surface area (Å²) < 4.78 is 10.5. The summed E-state index contributed by atoms with van der Waals surface area (Å²) in [4.78, 5) is 14.6. The Bertz CT molecular complexity index is 518. The molecule has 1 aromatic rings. The summed E-state index contributed by atoms with van der Waals surface area (Å²) in [7, 11) is 3.18. The molecule has 114 valence electrons. The monoisotopic (exact) mass is 290 g/mol. The minimum absolute atomic E-state index is 0.0761. The molecule has 0 spiro atoms. The number of hydrogen-bond donors (Lipinski definition) is 1. The van der Waals surface area contributed by atoms with Gasteiger partial charge in [-0.3, -0.25) is 4.79 Å². The molecule has 0 aliphatic carbocycles. The van der Waals surface area contributed by atoms with Crippen LogP contribution in [0.4, 0.5) is 0 Å². The number of carbonyl (C=O) groups is 1. The third kappa shape index (κ3) is 2.70. The first-order valence-corrected chi connectivity index (χ1v) is 7.47. The molecule has 2 atom stereocenters. The highest BCUT2D eigenvalue weighted by Gasteiger charge is 2.36. The molecule has 5 nitrogen and oxygen atoms in total. The van der Waals surface area contributed by atoms with Gasteiger partial charge in [0.1, 0.15) is 0 Å². The molecule has 2 aliphatic rings. The average molecular weight is 290 g/mol. The predicted molar refractivity (Wildman–Crippen MR) is 80.0 cm³/mol. The zero-order valence-corrected chi connectivity index (χ0v) is 12.6. The molecule has 3 rings (SSSR count). The Kier molecular flexibility index (Phi) is 4.01. The van der Waals surface area contributed by atoms with Crippen molar-refractivity contribution in [3.63, 3.8) is 0 Å². The second-order valence-electron chi connectivity index (χ2n) is 5.74. The van der Waals surface area contributed by atoms with Gasteiger partial charge in [0.2, 0.25) is 0 Å². The molecule has 2 saturated heterocycles. The lowest BCUT2D eigenvalue weighted by molar-refractivity contribution is 0.0785.